The Morgan fingerprint density at radius 2 is 2.11 bits per heavy atom. The number of rotatable bonds is 4. The van der Waals surface area contributed by atoms with Crippen molar-refractivity contribution in [3.63, 3.8) is 0 Å². The second-order valence-corrected chi connectivity index (χ2v) is 7.31. The first kappa shape index (κ1) is 18.0. The van der Waals surface area contributed by atoms with Crippen molar-refractivity contribution in [3.8, 4) is 0 Å². The second-order valence-electron chi connectivity index (χ2n) is 7.31. The van der Waals surface area contributed by atoms with Gasteiger partial charge in [0.05, 0.1) is 18.8 Å². The Morgan fingerprint density at radius 3 is 2.89 bits per heavy atom. The minimum absolute atomic E-state index is 0.0936. The molecule has 2 fully saturated rings. The van der Waals surface area contributed by atoms with Gasteiger partial charge in [0.15, 0.2) is 0 Å². The summed E-state index contributed by atoms with van der Waals surface area (Å²) in [4.78, 5) is 23.7. The lowest BCUT2D eigenvalue weighted by Crippen LogP contribution is -2.43. The van der Waals surface area contributed by atoms with E-state index in [-0.39, 0.29) is 17.7 Å². The van der Waals surface area contributed by atoms with Crippen LogP contribution in [0.4, 0.5) is 16.2 Å². The third-order valence-electron chi connectivity index (χ3n) is 5.30. The van der Waals surface area contributed by atoms with Crippen molar-refractivity contribution in [3.05, 3.63) is 52.3 Å². The van der Waals surface area contributed by atoms with Crippen LogP contribution in [0, 0.1) is 0 Å². The lowest BCUT2D eigenvalue weighted by molar-refractivity contribution is 0.0529. The van der Waals surface area contributed by atoms with Crippen LogP contribution in [0.5, 0.6) is 0 Å². The number of anilines is 2. The highest BCUT2D eigenvalue weighted by Crippen LogP contribution is 2.28. The maximum atomic E-state index is 14.6. The Kier molecular flexibility index (Phi) is 5.11. The van der Waals surface area contributed by atoms with Crippen LogP contribution in [0.15, 0.2) is 41.2 Å². The van der Waals surface area contributed by atoms with E-state index in [0.29, 0.717) is 50.8 Å². The lowest BCUT2D eigenvalue weighted by Gasteiger charge is -2.33. The highest BCUT2D eigenvalue weighted by molar-refractivity contribution is 5.46. The molecule has 1 N–H and O–H groups in total. The largest absolute Gasteiger partial charge is 0.375 e. The predicted octanol–water partition coefficient (Wildman–Crippen LogP) is 2.15. The van der Waals surface area contributed by atoms with Gasteiger partial charge in [0, 0.05) is 25.7 Å². The Balaban J connectivity index is 1.60. The van der Waals surface area contributed by atoms with E-state index < -0.39 is 6.17 Å². The number of morpholine rings is 1. The summed E-state index contributed by atoms with van der Waals surface area (Å²) in [6.45, 7) is 4.54. The maximum absolute atomic E-state index is 14.6. The molecule has 0 radical (unpaired) electrons. The topological polar surface area (TPSA) is 61.5 Å². The molecule has 7 heteroatoms. The van der Waals surface area contributed by atoms with Gasteiger partial charge in [0.25, 0.3) is 5.56 Å². The Bertz CT molecular complexity index is 828. The summed E-state index contributed by atoms with van der Waals surface area (Å²) >= 11 is 0. The van der Waals surface area contributed by atoms with Gasteiger partial charge in [-0.2, -0.15) is 4.98 Å². The summed E-state index contributed by atoms with van der Waals surface area (Å²) in [5.74, 6) is 1.09. The van der Waals surface area contributed by atoms with Gasteiger partial charge >= 0.3 is 0 Å². The number of aromatic nitrogens is 2. The van der Waals surface area contributed by atoms with E-state index in [0.717, 1.165) is 5.56 Å². The molecule has 0 unspecified atom stereocenters. The van der Waals surface area contributed by atoms with Crippen LogP contribution >= 0.6 is 0 Å². The average molecular weight is 372 g/mol. The molecule has 144 valence electrons. The van der Waals surface area contributed by atoms with Crippen LogP contribution in [0.2, 0.25) is 0 Å². The van der Waals surface area contributed by atoms with Crippen molar-refractivity contribution in [2.75, 3.05) is 36.0 Å². The molecule has 2 aromatic rings. The fraction of sp³-hybridized carbons (Fsp3) is 0.500. The number of ether oxygens (including phenoxy) is 1. The van der Waals surface area contributed by atoms with Crippen molar-refractivity contribution in [2.24, 2.45) is 0 Å². The fourth-order valence-electron chi connectivity index (χ4n) is 3.93. The van der Waals surface area contributed by atoms with Crippen molar-refractivity contribution < 1.29 is 9.13 Å². The molecular formula is C20H25FN4O2. The van der Waals surface area contributed by atoms with Crippen LogP contribution in [0.3, 0.4) is 0 Å². The number of aromatic amines is 1. The van der Waals surface area contributed by atoms with Gasteiger partial charge < -0.3 is 14.5 Å². The molecular weight excluding hydrogens is 347 g/mol. The SMILES string of the molecule is C[C@@H]1CN(c2cc(=O)[nH]c(N3CC[C@@H](F)[C@@H]3Cc3ccccc3)n2)CCO1. The second kappa shape index (κ2) is 7.68. The molecule has 1 aromatic carbocycles. The third kappa shape index (κ3) is 3.98. The minimum atomic E-state index is -0.942. The molecule has 2 aliphatic rings. The summed E-state index contributed by atoms with van der Waals surface area (Å²) in [5, 5.41) is 0. The zero-order valence-electron chi connectivity index (χ0n) is 15.5. The van der Waals surface area contributed by atoms with Crippen LogP contribution in [0.25, 0.3) is 0 Å². The molecule has 3 heterocycles. The van der Waals surface area contributed by atoms with Gasteiger partial charge in [0.2, 0.25) is 5.95 Å². The van der Waals surface area contributed by atoms with Gasteiger partial charge in [0.1, 0.15) is 12.0 Å². The van der Waals surface area contributed by atoms with E-state index in [1.807, 2.05) is 42.2 Å². The molecule has 6 nitrogen and oxygen atoms in total. The zero-order chi connectivity index (χ0) is 18.8. The number of alkyl halides is 1. The smallest absolute Gasteiger partial charge is 0.254 e. The number of halogens is 1. The minimum Gasteiger partial charge on any atom is -0.375 e. The Morgan fingerprint density at radius 1 is 1.30 bits per heavy atom. The van der Waals surface area contributed by atoms with Crippen molar-refractivity contribution in [1.29, 1.82) is 0 Å². The van der Waals surface area contributed by atoms with Crippen molar-refractivity contribution >= 4 is 11.8 Å². The monoisotopic (exact) mass is 372 g/mol. The van der Waals surface area contributed by atoms with E-state index in [9.17, 15) is 9.18 Å². The van der Waals surface area contributed by atoms with E-state index in [4.69, 9.17) is 4.74 Å². The van der Waals surface area contributed by atoms with Crippen molar-refractivity contribution in [2.45, 2.75) is 38.1 Å². The summed E-state index contributed by atoms with van der Waals surface area (Å²) in [6, 6.07) is 11.1. The van der Waals surface area contributed by atoms with Gasteiger partial charge in [-0.05, 0) is 25.3 Å². The van der Waals surface area contributed by atoms with Crippen LogP contribution in [-0.2, 0) is 11.2 Å². The van der Waals surface area contributed by atoms with Crippen LogP contribution in [-0.4, -0.2) is 54.5 Å². The summed E-state index contributed by atoms with van der Waals surface area (Å²) in [6.07, 6.45) is 0.184. The Labute approximate surface area is 158 Å². The van der Waals surface area contributed by atoms with E-state index in [1.54, 1.807) is 0 Å². The summed E-state index contributed by atoms with van der Waals surface area (Å²) in [5.41, 5.74) is 0.868. The molecule has 0 bridgehead atoms. The van der Waals surface area contributed by atoms with Gasteiger partial charge in [-0.25, -0.2) is 4.39 Å². The van der Waals surface area contributed by atoms with E-state index >= 15 is 0 Å². The van der Waals surface area contributed by atoms with Gasteiger partial charge in [-0.1, -0.05) is 30.3 Å². The molecule has 2 aliphatic heterocycles. The molecule has 0 saturated carbocycles. The molecule has 0 aliphatic carbocycles. The van der Waals surface area contributed by atoms with Gasteiger partial charge in [-0.3, -0.25) is 9.78 Å². The van der Waals surface area contributed by atoms with Crippen molar-refractivity contribution in [1.82, 2.24) is 9.97 Å². The molecule has 3 atom stereocenters. The van der Waals surface area contributed by atoms with E-state index in [2.05, 4.69) is 14.9 Å². The van der Waals surface area contributed by atoms with Crippen LogP contribution < -0.4 is 15.4 Å². The number of H-pyrrole nitrogens is 1. The zero-order valence-corrected chi connectivity index (χ0v) is 15.5. The summed E-state index contributed by atoms with van der Waals surface area (Å²) < 4.78 is 20.2. The van der Waals surface area contributed by atoms with E-state index in [1.165, 1.54) is 6.07 Å². The standard InChI is InChI=1S/C20H25FN4O2/c1-14-13-24(9-10-27-14)18-12-19(26)23-20(22-18)25-8-7-16(21)17(25)11-15-5-3-2-4-6-15/h2-6,12,14,16-17H,7-11,13H2,1H3,(H,22,23,26)/t14-,16-,17+/m1/s1. The quantitative estimate of drug-likeness (QED) is 0.891. The fourth-order valence-corrected chi connectivity index (χ4v) is 3.93. The molecule has 4 rings (SSSR count). The number of hydrogen-bond donors (Lipinski definition) is 1. The first-order chi connectivity index (χ1) is 13.1. The highest BCUT2D eigenvalue weighted by Gasteiger charge is 2.36. The lowest BCUT2D eigenvalue weighted by atomic mass is 10.0. The molecule has 27 heavy (non-hydrogen) atoms. The predicted molar refractivity (Wildman–Crippen MR) is 103 cm³/mol. The van der Waals surface area contributed by atoms with Gasteiger partial charge in [-0.15, -0.1) is 0 Å². The Hall–Kier alpha value is -2.41. The summed E-state index contributed by atoms with van der Waals surface area (Å²) in [7, 11) is 0. The highest BCUT2D eigenvalue weighted by atomic mass is 19.1. The number of hydrogen-bond acceptors (Lipinski definition) is 5. The molecule has 1 aromatic heterocycles. The first-order valence-corrected chi connectivity index (χ1v) is 9.53. The molecule has 0 spiro atoms. The first-order valence-electron chi connectivity index (χ1n) is 9.53. The maximum Gasteiger partial charge on any atom is 0.254 e. The number of benzene rings is 1. The van der Waals surface area contributed by atoms with Crippen LogP contribution in [0.1, 0.15) is 18.9 Å². The molecule has 2 saturated heterocycles. The number of nitrogens with zero attached hydrogens (tertiary/aromatic N) is 3. The molecule has 0 amide bonds. The normalized spacial score (nSPS) is 25.8. The third-order valence-corrected chi connectivity index (χ3v) is 5.30. The number of nitrogens with one attached hydrogen (secondary N) is 1. The average Bonchev–Trinajstić information content (AvgIpc) is 3.03.